The van der Waals surface area contributed by atoms with Gasteiger partial charge in [-0.1, -0.05) is 30.3 Å². The number of nitrogens with one attached hydrogen (secondary N) is 1. The number of amides is 1. The maximum Gasteiger partial charge on any atom is 0.407 e. The Morgan fingerprint density at radius 2 is 1.89 bits per heavy atom. The number of hydrogen-bond donors (Lipinski definition) is 2. The second kappa shape index (κ2) is 5.21. The highest BCUT2D eigenvalue weighted by Crippen LogP contribution is 2.41. The van der Waals surface area contributed by atoms with Gasteiger partial charge in [0.2, 0.25) is 0 Å². The van der Waals surface area contributed by atoms with Gasteiger partial charge in [-0.05, 0) is 24.8 Å². The Bertz CT molecular complexity index is 441. The number of rotatable bonds is 3. The Balaban J connectivity index is 1.46. The molecule has 2 aliphatic rings. The molecule has 2 fully saturated rings. The molecule has 2 atom stereocenters. The molecule has 1 heterocycles. The maximum absolute atomic E-state index is 10.8. The molecule has 19 heavy (non-hydrogen) atoms. The Labute approximate surface area is 113 Å². The number of benzene rings is 1. The molecule has 1 aromatic rings. The van der Waals surface area contributed by atoms with E-state index in [9.17, 15) is 4.79 Å². The van der Waals surface area contributed by atoms with Gasteiger partial charge in [-0.15, -0.1) is 0 Å². The highest BCUT2D eigenvalue weighted by molar-refractivity contribution is 5.65. The van der Waals surface area contributed by atoms with Crippen molar-refractivity contribution in [2.75, 3.05) is 13.1 Å². The van der Waals surface area contributed by atoms with Crippen LogP contribution in [0, 0.1) is 0 Å². The minimum Gasteiger partial charge on any atom is -0.465 e. The minimum absolute atomic E-state index is 0.481. The van der Waals surface area contributed by atoms with Crippen LogP contribution in [0.4, 0.5) is 4.79 Å². The van der Waals surface area contributed by atoms with Crippen LogP contribution in [0.25, 0.3) is 0 Å². The standard InChI is InChI=1S/C15H20N2O2/c18-15(19)17-8-6-12(7-9-17)16-14-10-13(14)11-4-2-1-3-5-11/h1-5,12-14,16H,6-10H2,(H,18,19)/t13-,14+/m0/s1. The van der Waals surface area contributed by atoms with Crippen LogP contribution in [0.5, 0.6) is 0 Å². The molecule has 1 aromatic carbocycles. The zero-order valence-electron chi connectivity index (χ0n) is 11.0. The van der Waals surface area contributed by atoms with E-state index in [0.29, 0.717) is 31.1 Å². The van der Waals surface area contributed by atoms with E-state index in [-0.39, 0.29) is 0 Å². The number of hydrogen-bond acceptors (Lipinski definition) is 2. The molecule has 0 aromatic heterocycles. The summed E-state index contributed by atoms with van der Waals surface area (Å²) in [5, 5.41) is 12.6. The zero-order chi connectivity index (χ0) is 13.2. The summed E-state index contributed by atoms with van der Waals surface area (Å²) >= 11 is 0. The Morgan fingerprint density at radius 3 is 2.53 bits per heavy atom. The van der Waals surface area contributed by atoms with E-state index in [0.717, 1.165) is 12.8 Å². The van der Waals surface area contributed by atoms with Gasteiger partial charge in [0, 0.05) is 31.1 Å². The molecule has 3 rings (SSSR count). The van der Waals surface area contributed by atoms with Gasteiger partial charge in [0.05, 0.1) is 0 Å². The molecule has 102 valence electrons. The predicted octanol–water partition coefficient (Wildman–Crippen LogP) is 2.27. The van der Waals surface area contributed by atoms with Crippen LogP contribution in [0.15, 0.2) is 30.3 Å². The average molecular weight is 260 g/mol. The topological polar surface area (TPSA) is 52.6 Å². The lowest BCUT2D eigenvalue weighted by molar-refractivity contribution is 0.129. The molecular weight excluding hydrogens is 240 g/mol. The molecule has 1 amide bonds. The van der Waals surface area contributed by atoms with Crippen LogP contribution >= 0.6 is 0 Å². The van der Waals surface area contributed by atoms with Gasteiger partial charge in [-0.2, -0.15) is 0 Å². The first-order chi connectivity index (χ1) is 9.24. The molecule has 0 bridgehead atoms. The first kappa shape index (κ1) is 12.5. The van der Waals surface area contributed by atoms with Crippen molar-refractivity contribution in [2.45, 2.75) is 37.3 Å². The van der Waals surface area contributed by atoms with Crippen molar-refractivity contribution in [3.8, 4) is 0 Å². The molecule has 1 aliphatic heterocycles. The summed E-state index contributed by atoms with van der Waals surface area (Å²) in [5.41, 5.74) is 1.42. The fourth-order valence-corrected chi connectivity index (χ4v) is 2.99. The van der Waals surface area contributed by atoms with E-state index < -0.39 is 6.09 Å². The van der Waals surface area contributed by atoms with E-state index in [1.807, 2.05) is 0 Å². The predicted molar refractivity (Wildman–Crippen MR) is 73.3 cm³/mol. The Kier molecular flexibility index (Phi) is 3.42. The third-order valence-corrected chi connectivity index (χ3v) is 4.23. The summed E-state index contributed by atoms with van der Waals surface area (Å²) in [6, 6.07) is 11.7. The summed E-state index contributed by atoms with van der Waals surface area (Å²) in [5.74, 6) is 0.652. The molecule has 4 nitrogen and oxygen atoms in total. The van der Waals surface area contributed by atoms with Crippen molar-refractivity contribution < 1.29 is 9.90 Å². The van der Waals surface area contributed by atoms with Gasteiger partial charge in [0.25, 0.3) is 0 Å². The van der Waals surface area contributed by atoms with Crippen LogP contribution in [0.2, 0.25) is 0 Å². The minimum atomic E-state index is -0.785. The number of carbonyl (C=O) groups is 1. The zero-order valence-corrected chi connectivity index (χ0v) is 11.0. The van der Waals surface area contributed by atoms with Gasteiger partial charge in [0.15, 0.2) is 0 Å². The fourth-order valence-electron chi connectivity index (χ4n) is 2.99. The molecule has 0 spiro atoms. The van der Waals surface area contributed by atoms with E-state index in [1.54, 1.807) is 0 Å². The van der Waals surface area contributed by atoms with Crippen molar-refractivity contribution in [2.24, 2.45) is 0 Å². The molecular formula is C15H20N2O2. The monoisotopic (exact) mass is 260 g/mol. The number of piperidine rings is 1. The number of carboxylic acid groups (broad SMARTS) is 1. The van der Waals surface area contributed by atoms with Gasteiger partial charge in [0.1, 0.15) is 0 Å². The van der Waals surface area contributed by atoms with Crippen LogP contribution < -0.4 is 5.32 Å². The van der Waals surface area contributed by atoms with Gasteiger partial charge >= 0.3 is 6.09 Å². The molecule has 0 radical (unpaired) electrons. The van der Waals surface area contributed by atoms with Gasteiger partial charge < -0.3 is 15.3 Å². The van der Waals surface area contributed by atoms with Crippen molar-refractivity contribution in [1.29, 1.82) is 0 Å². The lowest BCUT2D eigenvalue weighted by atomic mass is 10.0. The van der Waals surface area contributed by atoms with Gasteiger partial charge in [-0.25, -0.2) is 4.79 Å². The first-order valence-electron chi connectivity index (χ1n) is 7.03. The Morgan fingerprint density at radius 1 is 1.21 bits per heavy atom. The molecule has 1 saturated heterocycles. The smallest absolute Gasteiger partial charge is 0.407 e. The largest absolute Gasteiger partial charge is 0.465 e. The van der Waals surface area contributed by atoms with Crippen LogP contribution in [0.3, 0.4) is 0 Å². The lowest BCUT2D eigenvalue weighted by Crippen LogP contribution is -2.45. The van der Waals surface area contributed by atoms with Crippen molar-refractivity contribution >= 4 is 6.09 Å². The highest BCUT2D eigenvalue weighted by atomic mass is 16.4. The maximum atomic E-state index is 10.8. The van der Waals surface area contributed by atoms with Crippen molar-refractivity contribution in [3.05, 3.63) is 35.9 Å². The van der Waals surface area contributed by atoms with E-state index in [2.05, 4.69) is 35.6 Å². The molecule has 0 unspecified atom stereocenters. The van der Waals surface area contributed by atoms with Gasteiger partial charge in [-0.3, -0.25) is 0 Å². The highest BCUT2D eigenvalue weighted by Gasteiger charge is 2.39. The summed E-state index contributed by atoms with van der Waals surface area (Å²) in [6.45, 7) is 1.32. The van der Waals surface area contributed by atoms with E-state index in [4.69, 9.17) is 5.11 Å². The summed E-state index contributed by atoms with van der Waals surface area (Å²) < 4.78 is 0. The molecule has 1 saturated carbocycles. The molecule has 1 aliphatic carbocycles. The summed E-state index contributed by atoms with van der Waals surface area (Å²) in [4.78, 5) is 12.4. The normalized spacial score (nSPS) is 27.3. The van der Waals surface area contributed by atoms with Crippen LogP contribution in [0.1, 0.15) is 30.7 Å². The number of likely N-dealkylation sites (tertiary alicyclic amines) is 1. The quantitative estimate of drug-likeness (QED) is 0.876. The second-order valence-electron chi connectivity index (χ2n) is 5.57. The third kappa shape index (κ3) is 2.89. The molecule has 2 N–H and O–H groups in total. The second-order valence-corrected chi connectivity index (χ2v) is 5.57. The third-order valence-electron chi connectivity index (χ3n) is 4.23. The molecule has 4 heteroatoms. The number of nitrogens with zero attached hydrogens (tertiary/aromatic N) is 1. The van der Waals surface area contributed by atoms with E-state index in [1.165, 1.54) is 16.9 Å². The van der Waals surface area contributed by atoms with Crippen LogP contribution in [-0.4, -0.2) is 41.3 Å². The first-order valence-corrected chi connectivity index (χ1v) is 7.03. The van der Waals surface area contributed by atoms with Crippen molar-refractivity contribution in [1.82, 2.24) is 10.2 Å². The summed E-state index contributed by atoms with van der Waals surface area (Å²) in [6.07, 6.45) is 2.30. The summed E-state index contributed by atoms with van der Waals surface area (Å²) in [7, 11) is 0. The van der Waals surface area contributed by atoms with Crippen LogP contribution in [-0.2, 0) is 0 Å². The lowest BCUT2D eigenvalue weighted by Gasteiger charge is -2.30. The average Bonchev–Trinajstić information content (AvgIpc) is 3.20. The van der Waals surface area contributed by atoms with Crippen molar-refractivity contribution in [3.63, 3.8) is 0 Å². The fraction of sp³-hybridized carbons (Fsp3) is 0.533. The Hall–Kier alpha value is -1.55. The van der Waals surface area contributed by atoms with E-state index >= 15 is 0 Å². The SMILES string of the molecule is O=C(O)N1CCC(N[C@@H]2C[C@H]2c2ccccc2)CC1.